The highest BCUT2D eigenvalue weighted by atomic mass is 35.5. The van der Waals surface area contributed by atoms with Crippen LogP contribution in [0.25, 0.3) is 0 Å². The lowest BCUT2D eigenvalue weighted by molar-refractivity contribution is -0.274. The number of benzene rings is 1. The van der Waals surface area contributed by atoms with Crippen molar-refractivity contribution in [2.45, 2.75) is 70.6 Å². The van der Waals surface area contributed by atoms with Crippen LogP contribution in [0.5, 0.6) is 5.75 Å². The van der Waals surface area contributed by atoms with E-state index < -0.39 is 6.36 Å². The van der Waals surface area contributed by atoms with Crippen LogP contribution in [-0.4, -0.2) is 6.36 Å². The van der Waals surface area contributed by atoms with Crippen molar-refractivity contribution in [2.75, 3.05) is 0 Å². The molecule has 0 unspecified atom stereocenters. The highest BCUT2D eigenvalue weighted by molar-refractivity contribution is 6.25. The standard InChI is InChI=1S/C23H30ClF3O/c24-16-15-19-5-11-21(12-6-19)20-9-3-17(4-10-20)1-2-18-7-13-22(14-8-18)28-23(25,26)27/h7-8,13-17,19-21H,1-6,9-12H2/b16-15+. The van der Waals surface area contributed by atoms with Gasteiger partial charge in [-0.3, -0.25) is 0 Å². The summed E-state index contributed by atoms with van der Waals surface area (Å²) < 4.78 is 40.6. The molecule has 0 amide bonds. The lowest BCUT2D eigenvalue weighted by Crippen LogP contribution is -2.25. The molecule has 0 spiro atoms. The highest BCUT2D eigenvalue weighted by Crippen LogP contribution is 2.42. The molecule has 0 bridgehead atoms. The number of ether oxygens (including phenoxy) is 1. The Hall–Kier alpha value is -1.16. The smallest absolute Gasteiger partial charge is 0.406 e. The van der Waals surface area contributed by atoms with E-state index in [-0.39, 0.29) is 5.75 Å². The van der Waals surface area contributed by atoms with Crippen molar-refractivity contribution in [3.8, 4) is 5.75 Å². The van der Waals surface area contributed by atoms with Crippen molar-refractivity contribution in [1.29, 1.82) is 0 Å². The maximum absolute atomic E-state index is 12.2. The minimum Gasteiger partial charge on any atom is -0.406 e. The monoisotopic (exact) mass is 414 g/mol. The van der Waals surface area contributed by atoms with Gasteiger partial charge in [-0.15, -0.1) is 13.2 Å². The molecule has 1 aromatic carbocycles. The molecule has 0 N–H and O–H groups in total. The molecular weight excluding hydrogens is 385 g/mol. The van der Waals surface area contributed by atoms with Gasteiger partial charge < -0.3 is 4.74 Å². The molecule has 0 radical (unpaired) electrons. The summed E-state index contributed by atoms with van der Waals surface area (Å²) in [5.41, 5.74) is 2.76. The van der Waals surface area contributed by atoms with Gasteiger partial charge in [-0.2, -0.15) is 0 Å². The molecule has 0 aliphatic heterocycles. The van der Waals surface area contributed by atoms with Gasteiger partial charge in [-0.1, -0.05) is 42.7 Å². The minimum absolute atomic E-state index is 0.145. The average molecular weight is 415 g/mol. The Morgan fingerprint density at radius 2 is 1.46 bits per heavy atom. The van der Waals surface area contributed by atoms with Gasteiger partial charge in [-0.25, -0.2) is 0 Å². The third-order valence-electron chi connectivity index (χ3n) is 6.72. The van der Waals surface area contributed by atoms with Gasteiger partial charge in [0, 0.05) is 5.54 Å². The first kappa shape index (κ1) is 21.5. The van der Waals surface area contributed by atoms with Gasteiger partial charge >= 0.3 is 6.36 Å². The van der Waals surface area contributed by atoms with E-state index in [9.17, 15) is 13.2 Å². The molecule has 2 saturated carbocycles. The fraction of sp³-hybridized carbons (Fsp3) is 0.652. The van der Waals surface area contributed by atoms with E-state index in [0.29, 0.717) is 5.92 Å². The minimum atomic E-state index is -4.62. The lowest BCUT2D eigenvalue weighted by atomic mass is 9.68. The summed E-state index contributed by atoms with van der Waals surface area (Å²) in [7, 11) is 0. The van der Waals surface area contributed by atoms with Crippen molar-refractivity contribution in [3.63, 3.8) is 0 Å². The number of alkyl halides is 3. The first-order valence-electron chi connectivity index (χ1n) is 10.5. The van der Waals surface area contributed by atoms with Gasteiger partial charge in [0.05, 0.1) is 0 Å². The van der Waals surface area contributed by atoms with Crippen LogP contribution in [0.1, 0.15) is 63.4 Å². The summed E-state index contributed by atoms with van der Waals surface area (Å²) >= 11 is 5.71. The van der Waals surface area contributed by atoms with Crippen LogP contribution in [-0.2, 0) is 6.42 Å². The van der Waals surface area contributed by atoms with Crippen LogP contribution in [0.4, 0.5) is 13.2 Å². The molecular formula is C23H30ClF3O. The maximum Gasteiger partial charge on any atom is 0.573 e. The van der Waals surface area contributed by atoms with Crippen molar-refractivity contribution in [2.24, 2.45) is 23.7 Å². The summed E-state index contributed by atoms with van der Waals surface area (Å²) in [6, 6.07) is 6.33. The van der Waals surface area contributed by atoms with Gasteiger partial charge in [0.1, 0.15) is 5.75 Å². The van der Waals surface area contributed by atoms with Crippen LogP contribution in [0.3, 0.4) is 0 Å². The number of aryl methyl sites for hydroxylation is 1. The van der Waals surface area contributed by atoms with Crippen LogP contribution < -0.4 is 4.74 Å². The molecule has 0 saturated heterocycles. The van der Waals surface area contributed by atoms with Gasteiger partial charge in [0.25, 0.3) is 0 Å². The zero-order valence-electron chi connectivity index (χ0n) is 16.3. The fourth-order valence-electron chi connectivity index (χ4n) is 5.09. The normalized spacial score (nSPS) is 29.1. The zero-order valence-corrected chi connectivity index (χ0v) is 17.0. The Bertz CT molecular complexity index is 610. The number of rotatable bonds is 6. The second-order valence-electron chi connectivity index (χ2n) is 8.50. The number of hydrogen-bond acceptors (Lipinski definition) is 1. The molecule has 1 nitrogen and oxygen atoms in total. The summed E-state index contributed by atoms with van der Waals surface area (Å²) in [6.07, 6.45) is 10.1. The van der Waals surface area contributed by atoms with Crippen LogP contribution >= 0.6 is 11.6 Å². The summed E-state index contributed by atoms with van der Waals surface area (Å²) in [4.78, 5) is 0. The maximum atomic E-state index is 12.2. The SMILES string of the molecule is FC(F)(F)Oc1ccc(CCC2CCC(C3CCC(/C=C/Cl)CC3)CC2)cc1. The quantitative estimate of drug-likeness (QED) is 0.460. The van der Waals surface area contributed by atoms with Gasteiger partial charge in [0.2, 0.25) is 0 Å². The molecule has 3 rings (SSSR count). The van der Waals surface area contributed by atoms with Crippen molar-refractivity contribution < 1.29 is 17.9 Å². The molecule has 0 aromatic heterocycles. The predicted molar refractivity (Wildman–Crippen MR) is 107 cm³/mol. The van der Waals surface area contributed by atoms with Gasteiger partial charge in [-0.05, 0) is 92.7 Å². The lowest BCUT2D eigenvalue weighted by Gasteiger charge is -2.37. The fourth-order valence-corrected chi connectivity index (χ4v) is 5.29. The zero-order chi connectivity index (χ0) is 20.0. The van der Waals surface area contributed by atoms with E-state index in [0.717, 1.165) is 36.2 Å². The molecule has 2 aliphatic rings. The van der Waals surface area contributed by atoms with E-state index in [1.54, 1.807) is 17.7 Å². The Labute approximate surface area is 171 Å². The Morgan fingerprint density at radius 1 is 0.893 bits per heavy atom. The molecule has 1 aromatic rings. The van der Waals surface area contributed by atoms with E-state index in [2.05, 4.69) is 10.8 Å². The molecule has 0 heterocycles. The van der Waals surface area contributed by atoms with Crippen molar-refractivity contribution >= 4 is 11.6 Å². The second-order valence-corrected chi connectivity index (χ2v) is 8.76. The van der Waals surface area contributed by atoms with E-state index >= 15 is 0 Å². The summed E-state index contributed by atoms with van der Waals surface area (Å²) in [5, 5.41) is 0. The number of hydrogen-bond donors (Lipinski definition) is 0. The van der Waals surface area contributed by atoms with E-state index in [1.807, 2.05) is 0 Å². The molecule has 28 heavy (non-hydrogen) atoms. The third-order valence-corrected chi connectivity index (χ3v) is 6.86. The molecule has 2 fully saturated rings. The Morgan fingerprint density at radius 3 is 2.00 bits per heavy atom. The Balaban J connectivity index is 1.37. The predicted octanol–water partition coefficient (Wildman–Crippen LogP) is 7.88. The van der Waals surface area contributed by atoms with Crippen LogP contribution in [0.15, 0.2) is 35.9 Å². The topological polar surface area (TPSA) is 9.23 Å². The third kappa shape index (κ3) is 6.72. The van der Waals surface area contributed by atoms with Crippen LogP contribution in [0, 0.1) is 23.7 Å². The first-order valence-corrected chi connectivity index (χ1v) is 11.0. The molecule has 0 atom stereocenters. The van der Waals surface area contributed by atoms with Crippen molar-refractivity contribution in [1.82, 2.24) is 0 Å². The second kappa shape index (κ2) is 10.0. The average Bonchev–Trinajstić information content (AvgIpc) is 2.68. The van der Waals surface area contributed by atoms with Crippen molar-refractivity contribution in [3.05, 3.63) is 41.4 Å². The summed E-state index contributed by atoms with van der Waals surface area (Å²) in [5.74, 6) is 3.06. The molecule has 5 heteroatoms. The molecule has 2 aliphatic carbocycles. The van der Waals surface area contributed by atoms with Gasteiger partial charge in [0.15, 0.2) is 0 Å². The largest absolute Gasteiger partial charge is 0.573 e. The summed E-state index contributed by atoms with van der Waals surface area (Å²) in [6.45, 7) is 0. The van der Waals surface area contributed by atoms with Crippen LogP contribution in [0.2, 0.25) is 0 Å². The highest BCUT2D eigenvalue weighted by Gasteiger charge is 2.31. The van der Waals surface area contributed by atoms with E-state index in [4.69, 9.17) is 11.6 Å². The number of allylic oxidation sites excluding steroid dienone is 1. The van der Waals surface area contributed by atoms with E-state index in [1.165, 1.54) is 63.5 Å². The number of halogens is 4. The first-order chi connectivity index (χ1) is 13.4. The Kier molecular flexibility index (Phi) is 7.73. The molecule has 156 valence electrons.